The van der Waals surface area contributed by atoms with Gasteiger partial charge >= 0.3 is 0 Å². The van der Waals surface area contributed by atoms with Crippen molar-refractivity contribution in [1.29, 1.82) is 0 Å². The van der Waals surface area contributed by atoms with Gasteiger partial charge in [-0.25, -0.2) is 0 Å². The first-order valence-corrected chi connectivity index (χ1v) is 12.1. The molecule has 0 heteroatoms. The van der Waals surface area contributed by atoms with Gasteiger partial charge in [0, 0.05) is 23.7 Å². The van der Waals surface area contributed by atoms with Gasteiger partial charge < -0.3 is 0 Å². The molecular weight excluding hydrogens is 384 g/mol. The Morgan fingerprint density at radius 3 is 0.844 bits per heavy atom. The quantitative estimate of drug-likeness (QED) is 0.316. The van der Waals surface area contributed by atoms with Crippen LogP contribution >= 0.6 is 0 Å². The summed E-state index contributed by atoms with van der Waals surface area (Å²) < 4.78 is 0. The van der Waals surface area contributed by atoms with Crippen LogP contribution in [0.1, 0.15) is 94.9 Å². The average Bonchev–Trinajstić information content (AvgIpc) is 2.86. The molecule has 0 atom stereocenters. The molecule has 2 aliphatic rings. The third-order valence-corrected chi connectivity index (χ3v) is 8.10. The van der Waals surface area contributed by atoms with E-state index in [1.54, 1.807) is 0 Å². The fourth-order valence-electron chi connectivity index (χ4n) is 6.52. The van der Waals surface area contributed by atoms with Gasteiger partial charge in [0.1, 0.15) is 0 Å². The van der Waals surface area contributed by atoms with E-state index in [0.29, 0.717) is 23.7 Å². The molecule has 4 aromatic rings. The molecule has 0 nitrogen and oxygen atoms in total. The molecule has 0 bridgehead atoms. The van der Waals surface area contributed by atoms with Gasteiger partial charge in [0.05, 0.1) is 0 Å². The first-order chi connectivity index (χ1) is 15.7. The van der Waals surface area contributed by atoms with Gasteiger partial charge in [-0.3, -0.25) is 0 Å². The molecule has 0 unspecified atom stereocenters. The Balaban J connectivity index is 1.41. The van der Waals surface area contributed by atoms with Gasteiger partial charge in [0.25, 0.3) is 0 Å². The molecule has 2 aliphatic carbocycles. The Morgan fingerprint density at radius 2 is 0.594 bits per heavy atom. The van der Waals surface area contributed by atoms with E-state index in [9.17, 15) is 0 Å². The molecule has 0 amide bonds. The van der Waals surface area contributed by atoms with E-state index in [1.807, 2.05) is 0 Å². The third-order valence-electron chi connectivity index (χ3n) is 8.10. The Hall–Kier alpha value is -3.12. The highest BCUT2D eigenvalue weighted by atomic mass is 14.4. The summed E-state index contributed by atoms with van der Waals surface area (Å²) in [6.45, 7) is 4.73. The van der Waals surface area contributed by atoms with Gasteiger partial charge in [-0.15, -0.1) is 0 Å². The van der Waals surface area contributed by atoms with Crippen LogP contribution in [0.15, 0.2) is 97.1 Å². The molecule has 4 aromatic carbocycles. The molecule has 0 fully saturated rings. The van der Waals surface area contributed by atoms with Gasteiger partial charge in [-0.1, -0.05) is 111 Å². The number of hydrogen-bond acceptors (Lipinski definition) is 0. The minimum Gasteiger partial charge on any atom is -0.0620 e. The van der Waals surface area contributed by atoms with Gasteiger partial charge in [0.15, 0.2) is 0 Å². The summed E-state index contributed by atoms with van der Waals surface area (Å²) >= 11 is 0. The Kier molecular flexibility index (Phi) is 4.76. The van der Waals surface area contributed by atoms with Crippen LogP contribution in [0, 0.1) is 0 Å². The lowest BCUT2D eigenvalue weighted by molar-refractivity contribution is 0.577. The summed E-state index contributed by atoms with van der Waals surface area (Å²) in [6, 6.07) is 36.6. The van der Waals surface area contributed by atoms with E-state index in [0.717, 1.165) is 0 Å². The van der Waals surface area contributed by atoms with E-state index in [1.165, 1.54) is 57.3 Å². The maximum Gasteiger partial charge on any atom is 0.00955 e. The van der Waals surface area contributed by atoms with Crippen molar-refractivity contribution >= 4 is 0 Å². The van der Waals surface area contributed by atoms with E-state index < -0.39 is 0 Å². The fraction of sp³-hybridized carbons (Fsp3) is 0.250. The molecule has 0 spiro atoms. The largest absolute Gasteiger partial charge is 0.0620 e. The fourth-order valence-corrected chi connectivity index (χ4v) is 6.52. The molecule has 32 heavy (non-hydrogen) atoms. The molecule has 0 saturated heterocycles. The van der Waals surface area contributed by atoms with Crippen molar-refractivity contribution in [3.63, 3.8) is 0 Å². The summed E-state index contributed by atoms with van der Waals surface area (Å²) in [5.74, 6) is 1.88. The zero-order valence-electron chi connectivity index (χ0n) is 19.0. The Bertz CT molecular complexity index is 1080. The van der Waals surface area contributed by atoms with Gasteiger partial charge in [0.2, 0.25) is 0 Å². The second-order valence-electron chi connectivity index (χ2n) is 9.64. The van der Waals surface area contributed by atoms with Crippen molar-refractivity contribution in [1.82, 2.24) is 0 Å². The van der Waals surface area contributed by atoms with E-state index in [-0.39, 0.29) is 0 Å². The first-order valence-electron chi connectivity index (χ1n) is 12.1. The van der Waals surface area contributed by atoms with Gasteiger partial charge in [-0.05, 0) is 57.3 Å². The van der Waals surface area contributed by atoms with Crippen LogP contribution in [0.3, 0.4) is 0 Å². The highest BCUT2D eigenvalue weighted by Gasteiger charge is 2.33. The molecule has 0 aliphatic heterocycles. The van der Waals surface area contributed by atoms with Crippen molar-refractivity contribution in [2.24, 2.45) is 0 Å². The molecule has 0 saturated carbocycles. The lowest BCUT2D eigenvalue weighted by Gasteiger charge is -2.36. The van der Waals surface area contributed by atoms with Crippen LogP contribution in [0.2, 0.25) is 0 Å². The lowest BCUT2D eigenvalue weighted by Crippen LogP contribution is -2.20. The van der Waals surface area contributed by atoms with Crippen LogP contribution in [0.4, 0.5) is 0 Å². The highest BCUT2D eigenvalue weighted by Crippen LogP contribution is 2.49. The molecule has 0 heterocycles. The maximum absolute atomic E-state index is 2.37. The Labute approximate surface area is 192 Å². The standard InChI is InChI=1S/C32H30/c1-21-23-11-3-7-15-27(23)31(28-16-8-4-12-24(21)28)19-20-32-29-17-9-5-13-25(29)22(2)26-14-6-10-18-30(26)32/h3-18,21-22,31-32H,19-20H2,1-2H3. The van der Waals surface area contributed by atoms with Crippen LogP contribution in [0.5, 0.6) is 0 Å². The van der Waals surface area contributed by atoms with E-state index in [2.05, 4.69) is 111 Å². The summed E-state index contributed by atoms with van der Waals surface area (Å²) in [4.78, 5) is 0. The van der Waals surface area contributed by atoms with Gasteiger partial charge in [-0.2, -0.15) is 0 Å². The second-order valence-corrected chi connectivity index (χ2v) is 9.64. The predicted octanol–water partition coefficient (Wildman–Crippen LogP) is 8.36. The zero-order chi connectivity index (χ0) is 21.7. The summed E-state index contributed by atoms with van der Waals surface area (Å²) in [7, 11) is 0. The normalized spacial score (nSPS) is 22.9. The van der Waals surface area contributed by atoms with Crippen LogP contribution in [-0.2, 0) is 0 Å². The summed E-state index contributed by atoms with van der Waals surface area (Å²) in [5.41, 5.74) is 12.2. The predicted molar refractivity (Wildman–Crippen MR) is 134 cm³/mol. The van der Waals surface area contributed by atoms with E-state index >= 15 is 0 Å². The molecule has 0 aromatic heterocycles. The second kappa shape index (κ2) is 7.78. The SMILES string of the molecule is CC1c2ccccc2C(CCC2c3ccccc3C(C)c3ccccc32)c2ccccc21. The highest BCUT2D eigenvalue weighted by molar-refractivity contribution is 5.54. The molecule has 0 N–H and O–H groups in total. The molecular formula is C32H30. The molecule has 158 valence electrons. The topological polar surface area (TPSA) is 0 Å². The summed E-state index contributed by atoms with van der Waals surface area (Å²) in [6.07, 6.45) is 2.34. The lowest BCUT2D eigenvalue weighted by atomic mass is 9.68. The average molecular weight is 415 g/mol. The van der Waals surface area contributed by atoms with Crippen LogP contribution in [0.25, 0.3) is 0 Å². The van der Waals surface area contributed by atoms with Crippen molar-refractivity contribution in [2.45, 2.75) is 50.4 Å². The monoisotopic (exact) mass is 414 g/mol. The number of rotatable bonds is 3. The maximum atomic E-state index is 2.37. The summed E-state index contributed by atoms with van der Waals surface area (Å²) in [5, 5.41) is 0. The third kappa shape index (κ3) is 2.97. The minimum absolute atomic E-state index is 0.468. The van der Waals surface area contributed by atoms with Crippen molar-refractivity contribution < 1.29 is 0 Å². The minimum atomic E-state index is 0.468. The van der Waals surface area contributed by atoms with Crippen LogP contribution < -0.4 is 0 Å². The smallest absolute Gasteiger partial charge is 0.00955 e. The van der Waals surface area contributed by atoms with Crippen molar-refractivity contribution in [2.75, 3.05) is 0 Å². The number of fused-ring (bicyclic) bond motifs is 4. The van der Waals surface area contributed by atoms with Crippen molar-refractivity contribution in [3.05, 3.63) is 142 Å². The first kappa shape index (κ1) is 19.6. The molecule has 0 radical (unpaired) electrons. The molecule has 6 rings (SSSR count). The van der Waals surface area contributed by atoms with E-state index in [4.69, 9.17) is 0 Å². The number of hydrogen-bond donors (Lipinski definition) is 0. The Morgan fingerprint density at radius 1 is 0.375 bits per heavy atom. The number of benzene rings is 4. The van der Waals surface area contributed by atoms with Crippen LogP contribution in [-0.4, -0.2) is 0 Å². The van der Waals surface area contributed by atoms with Crippen molar-refractivity contribution in [3.8, 4) is 0 Å². The zero-order valence-corrected chi connectivity index (χ0v) is 19.0.